The fraction of sp³-hybridized carbons (Fsp3) is 0.278. The summed E-state index contributed by atoms with van der Waals surface area (Å²) >= 11 is 0. The van der Waals surface area contributed by atoms with Crippen molar-refractivity contribution in [2.45, 2.75) is 18.9 Å². The van der Waals surface area contributed by atoms with Crippen LogP contribution in [0.15, 0.2) is 53.6 Å². The van der Waals surface area contributed by atoms with E-state index in [9.17, 15) is 9.18 Å². The monoisotopic (exact) mass is 340 g/mol. The zero-order chi connectivity index (χ0) is 17.2. The van der Waals surface area contributed by atoms with E-state index in [1.807, 2.05) is 10.8 Å². The summed E-state index contributed by atoms with van der Waals surface area (Å²) in [6.45, 7) is 1.28. The van der Waals surface area contributed by atoms with Crippen molar-refractivity contribution in [2.75, 3.05) is 13.1 Å². The Kier molecular flexibility index (Phi) is 4.05. The molecule has 0 unspecified atom stereocenters. The molecule has 0 saturated carbocycles. The Bertz CT molecular complexity index is 875. The number of carbonyl (C=O) groups is 1. The summed E-state index contributed by atoms with van der Waals surface area (Å²) in [6.07, 6.45) is 7.34. The van der Waals surface area contributed by atoms with Crippen LogP contribution in [0.4, 0.5) is 4.39 Å². The van der Waals surface area contributed by atoms with Crippen molar-refractivity contribution in [2.24, 2.45) is 0 Å². The first-order valence-corrected chi connectivity index (χ1v) is 8.20. The van der Waals surface area contributed by atoms with Gasteiger partial charge in [-0.05, 0) is 25.0 Å². The molecule has 1 amide bonds. The summed E-state index contributed by atoms with van der Waals surface area (Å²) in [5, 5.41) is 3.91. The molecule has 7 heteroatoms. The van der Waals surface area contributed by atoms with Crippen molar-refractivity contribution in [1.82, 2.24) is 19.6 Å². The van der Waals surface area contributed by atoms with Crippen LogP contribution in [0.2, 0.25) is 0 Å². The minimum Gasteiger partial charge on any atom is -0.350 e. The molecule has 3 heterocycles. The molecule has 0 N–H and O–H groups in total. The number of hydrogen-bond acceptors (Lipinski definition) is 4. The van der Waals surface area contributed by atoms with Gasteiger partial charge in [-0.15, -0.1) is 0 Å². The Morgan fingerprint density at radius 2 is 2.24 bits per heavy atom. The van der Waals surface area contributed by atoms with Crippen LogP contribution in [0.25, 0.3) is 11.3 Å². The number of benzene rings is 1. The first-order chi connectivity index (χ1) is 12.2. The predicted octanol–water partition coefficient (Wildman–Crippen LogP) is 3.15. The van der Waals surface area contributed by atoms with Gasteiger partial charge >= 0.3 is 0 Å². The molecule has 0 radical (unpaired) electrons. The molecule has 1 aromatic carbocycles. The second kappa shape index (κ2) is 6.51. The van der Waals surface area contributed by atoms with Gasteiger partial charge in [-0.25, -0.2) is 9.37 Å². The van der Waals surface area contributed by atoms with E-state index in [0.29, 0.717) is 24.3 Å². The molecule has 0 aliphatic carbocycles. The summed E-state index contributed by atoms with van der Waals surface area (Å²) in [5.74, 6) is -0.377. The summed E-state index contributed by atoms with van der Waals surface area (Å²) in [5.41, 5.74) is 1.03. The van der Waals surface area contributed by atoms with Crippen LogP contribution in [-0.4, -0.2) is 38.6 Å². The maximum Gasteiger partial charge on any atom is 0.292 e. The van der Waals surface area contributed by atoms with Crippen LogP contribution < -0.4 is 0 Å². The predicted molar refractivity (Wildman–Crippen MR) is 88.3 cm³/mol. The summed E-state index contributed by atoms with van der Waals surface area (Å²) < 4.78 is 20.6. The van der Waals surface area contributed by atoms with Crippen molar-refractivity contribution >= 4 is 5.91 Å². The Morgan fingerprint density at radius 3 is 3.04 bits per heavy atom. The highest BCUT2D eigenvalue weighted by atomic mass is 19.1. The number of amides is 1. The zero-order valence-electron chi connectivity index (χ0n) is 13.5. The maximum atomic E-state index is 13.3. The van der Waals surface area contributed by atoms with Crippen molar-refractivity contribution in [3.05, 3.63) is 60.6 Å². The average Bonchev–Trinajstić information content (AvgIpc) is 3.33. The summed E-state index contributed by atoms with van der Waals surface area (Å²) in [4.78, 5) is 18.6. The number of carbonyl (C=O) groups excluding carboxylic acids is 1. The maximum absolute atomic E-state index is 13.3. The molecular weight excluding hydrogens is 323 g/mol. The molecule has 6 nitrogen and oxygen atoms in total. The van der Waals surface area contributed by atoms with Gasteiger partial charge in [0.05, 0.1) is 12.4 Å². The van der Waals surface area contributed by atoms with Gasteiger partial charge in [-0.1, -0.05) is 17.3 Å². The van der Waals surface area contributed by atoms with E-state index >= 15 is 0 Å². The standard InChI is InChI=1S/C18H17FN4O2/c19-14-4-1-3-13(9-14)16-10-17(25-21-16)18(24)22-7-2-5-15(11-22)23-8-6-20-12-23/h1,3-4,6,8-10,12,15H,2,5,7,11H2/t15-/m1/s1. The molecule has 0 bridgehead atoms. The number of likely N-dealkylation sites (tertiary alicyclic amines) is 1. The van der Waals surface area contributed by atoms with E-state index < -0.39 is 0 Å². The van der Waals surface area contributed by atoms with Crippen LogP contribution in [0.5, 0.6) is 0 Å². The second-order valence-electron chi connectivity index (χ2n) is 6.14. The first-order valence-electron chi connectivity index (χ1n) is 8.20. The van der Waals surface area contributed by atoms with Crippen LogP contribution in [0.3, 0.4) is 0 Å². The van der Waals surface area contributed by atoms with Crippen molar-refractivity contribution < 1.29 is 13.7 Å². The van der Waals surface area contributed by atoms with E-state index in [1.54, 1.807) is 35.6 Å². The van der Waals surface area contributed by atoms with Crippen LogP contribution in [0, 0.1) is 5.82 Å². The van der Waals surface area contributed by atoms with E-state index in [1.165, 1.54) is 12.1 Å². The molecule has 1 saturated heterocycles. The number of piperidine rings is 1. The molecule has 1 aliphatic heterocycles. The molecular formula is C18H17FN4O2. The Hall–Kier alpha value is -2.96. The quantitative estimate of drug-likeness (QED) is 0.735. The SMILES string of the molecule is O=C(c1cc(-c2cccc(F)c2)no1)N1CCC[C@@H](n2ccnc2)C1. The third kappa shape index (κ3) is 3.17. The van der Waals surface area contributed by atoms with Crippen LogP contribution in [0.1, 0.15) is 29.4 Å². The van der Waals surface area contributed by atoms with Gasteiger partial charge in [0.2, 0.25) is 5.76 Å². The van der Waals surface area contributed by atoms with Gasteiger partial charge in [-0.2, -0.15) is 0 Å². The van der Waals surface area contributed by atoms with Crippen LogP contribution >= 0.6 is 0 Å². The smallest absolute Gasteiger partial charge is 0.292 e. The molecule has 2 aromatic heterocycles. The van der Waals surface area contributed by atoms with Crippen molar-refractivity contribution in [3.8, 4) is 11.3 Å². The lowest BCUT2D eigenvalue weighted by Crippen LogP contribution is -2.40. The second-order valence-corrected chi connectivity index (χ2v) is 6.14. The summed E-state index contributed by atoms with van der Waals surface area (Å²) in [6, 6.07) is 7.83. The largest absolute Gasteiger partial charge is 0.350 e. The molecule has 128 valence electrons. The molecule has 1 aliphatic rings. The molecule has 0 spiro atoms. The Balaban J connectivity index is 1.51. The lowest BCUT2D eigenvalue weighted by molar-refractivity contribution is 0.0638. The fourth-order valence-corrected chi connectivity index (χ4v) is 3.18. The van der Waals surface area contributed by atoms with Gasteiger partial charge < -0.3 is 14.0 Å². The van der Waals surface area contributed by atoms with Crippen molar-refractivity contribution in [1.29, 1.82) is 0 Å². The van der Waals surface area contributed by atoms with Gasteiger partial charge in [0.25, 0.3) is 5.91 Å². The molecule has 1 atom stereocenters. The normalized spacial score (nSPS) is 17.6. The minimum absolute atomic E-state index is 0.172. The van der Waals surface area contributed by atoms with E-state index in [4.69, 9.17) is 4.52 Å². The third-order valence-corrected chi connectivity index (χ3v) is 4.47. The molecule has 1 fully saturated rings. The highest BCUT2D eigenvalue weighted by molar-refractivity contribution is 5.92. The highest BCUT2D eigenvalue weighted by Crippen LogP contribution is 2.25. The fourth-order valence-electron chi connectivity index (χ4n) is 3.18. The van der Waals surface area contributed by atoms with Crippen molar-refractivity contribution in [3.63, 3.8) is 0 Å². The number of hydrogen-bond donors (Lipinski definition) is 0. The first kappa shape index (κ1) is 15.6. The zero-order valence-corrected chi connectivity index (χ0v) is 13.5. The van der Waals surface area contributed by atoms with Gasteiger partial charge in [-0.3, -0.25) is 4.79 Å². The Morgan fingerprint density at radius 1 is 1.32 bits per heavy atom. The van der Waals surface area contributed by atoms with Gasteiger partial charge in [0.15, 0.2) is 0 Å². The number of nitrogens with zero attached hydrogens (tertiary/aromatic N) is 4. The van der Waals surface area contributed by atoms with E-state index in [-0.39, 0.29) is 23.5 Å². The molecule has 25 heavy (non-hydrogen) atoms. The molecule has 3 aromatic rings. The number of halogens is 1. The van der Waals surface area contributed by atoms with Gasteiger partial charge in [0, 0.05) is 37.1 Å². The Labute approximate surface area is 143 Å². The van der Waals surface area contributed by atoms with E-state index in [0.717, 1.165) is 12.8 Å². The van der Waals surface area contributed by atoms with E-state index in [2.05, 4.69) is 10.1 Å². The highest BCUT2D eigenvalue weighted by Gasteiger charge is 2.27. The number of imidazole rings is 1. The lowest BCUT2D eigenvalue weighted by atomic mass is 10.1. The number of aromatic nitrogens is 3. The number of rotatable bonds is 3. The van der Waals surface area contributed by atoms with Crippen LogP contribution in [-0.2, 0) is 0 Å². The summed E-state index contributed by atoms with van der Waals surface area (Å²) in [7, 11) is 0. The minimum atomic E-state index is -0.354. The lowest BCUT2D eigenvalue weighted by Gasteiger charge is -2.32. The third-order valence-electron chi connectivity index (χ3n) is 4.47. The van der Waals surface area contributed by atoms with Gasteiger partial charge in [0.1, 0.15) is 11.5 Å². The topological polar surface area (TPSA) is 64.2 Å². The average molecular weight is 340 g/mol. The molecule has 4 rings (SSSR count).